The van der Waals surface area contributed by atoms with E-state index in [1.807, 2.05) is 60.0 Å². The molecule has 1 atom stereocenters. The van der Waals surface area contributed by atoms with Crippen molar-refractivity contribution in [3.8, 4) is 0 Å². The van der Waals surface area contributed by atoms with Crippen LogP contribution < -0.4 is 0 Å². The second-order valence-electron chi connectivity index (χ2n) is 4.43. The molecule has 0 amide bonds. The van der Waals surface area contributed by atoms with Crippen LogP contribution in [0.4, 0.5) is 0 Å². The second-order valence-corrected chi connectivity index (χ2v) is 5.38. The van der Waals surface area contributed by atoms with E-state index >= 15 is 0 Å². The standard InChI is InChI=1S/C17H13NO2S/c19-17(15-10-6-12-21-15)20-16(13-7-2-1-3-8-13)14-9-4-5-11-18-14/h1-12,16H. The number of pyridine rings is 1. The molecule has 0 fully saturated rings. The fourth-order valence-electron chi connectivity index (χ4n) is 2.02. The zero-order valence-corrected chi connectivity index (χ0v) is 12.0. The first-order valence-corrected chi connectivity index (χ1v) is 7.43. The van der Waals surface area contributed by atoms with E-state index in [0.29, 0.717) is 10.6 Å². The summed E-state index contributed by atoms with van der Waals surface area (Å²) >= 11 is 1.37. The van der Waals surface area contributed by atoms with Crippen LogP contribution in [0.5, 0.6) is 0 Å². The molecule has 2 aromatic heterocycles. The van der Waals surface area contributed by atoms with Gasteiger partial charge in [-0.2, -0.15) is 0 Å². The number of hydrogen-bond donors (Lipinski definition) is 0. The predicted molar refractivity (Wildman–Crippen MR) is 82.3 cm³/mol. The molecule has 0 radical (unpaired) electrons. The van der Waals surface area contributed by atoms with Crippen LogP contribution in [0, 0.1) is 0 Å². The van der Waals surface area contributed by atoms with Crippen molar-refractivity contribution in [2.45, 2.75) is 6.10 Å². The van der Waals surface area contributed by atoms with Gasteiger partial charge in [-0.3, -0.25) is 4.98 Å². The lowest BCUT2D eigenvalue weighted by molar-refractivity contribution is 0.0376. The predicted octanol–water partition coefficient (Wildman–Crippen LogP) is 4.09. The summed E-state index contributed by atoms with van der Waals surface area (Å²) < 4.78 is 5.68. The van der Waals surface area contributed by atoms with Gasteiger partial charge < -0.3 is 4.74 Å². The van der Waals surface area contributed by atoms with Crippen molar-refractivity contribution in [2.24, 2.45) is 0 Å². The molecule has 1 unspecified atom stereocenters. The van der Waals surface area contributed by atoms with Gasteiger partial charge in [0.1, 0.15) is 4.88 Å². The van der Waals surface area contributed by atoms with Crippen molar-refractivity contribution >= 4 is 17.3 Å². The molecule has 0 aliphatic carbocycles. The number of carbonyl (C=O) groups is 1. The summed E-state index contributed by atoms with van der Waals surface area (Å²) in [5, 5.41) is 1.86. The summed E-state index contributed by atoms with van der Waals surface area (Å²) in [4.78, 5) is 17.1. The van der Waals surface area contributed by atoms with Crippen LogP contribution in [0.3, 0.4) is 0 Å². The topological polar surface area (TPSA) is 39.2 Å². The maximum absolute atomic E-state index is 12.2. The minimum Gasteiger partial charge on any atom is -0.447 e. The lowest BCUT2D eigenvalue weighted by Gasteiger charge is -2.17. The molecule has 3 rings (SSSR count). The van der Waals surface area contributed by atoms with Crippen LogP contribution >= 0.6 is 11.3 Å². The molecule has 0 saturated heterocycles. The van der Waals surface area contributed by atoms with Gasteiger partial charge in [-0.15, -0.1) is 11.3 Å². The van der Waals surface area contributed by atoms with E-state index in [0.717, 1.165) is 5.56 Å². The molecule has 21 heavy (non-hydrogen) atoms. The van der Waals surface area contributed by atoms with Gasteiger partial charge in [0.25, 0.3) is 0 Å². The highest BCUT2D eigenvalue weighted by atomic mass is 32.1. The Kier molecular flexibility index (Phi) is 4.07. The molecule has 104 valence electrons. The summed E-state index contributed by atoms with van der Waals surface area (Å²) in [5.74, 6) is -0.329. The molecule has 3 aromatic rings. The van der Waals surface area contributed by atoms with Gasteiger partial charge in [-0.25, -0.2) is 4.79 Å². The maximum Gasteiger partial charge on any atom is 0.349 e. The third kappa shape index (κ3) is 3.17. The van der Waals surface area contributed by atoms with Gasteiger partial charge in [0.05, 0.1) is 5.69 Å². The lowest BCUT2D eigenvalue weighted by atomic mass is 10.1. The van der Waals surface area contributed by atoms with Crippen LogP contribution in [-0.4, -0.2) is 11.0 Å². The number of carbonyl (C=O) groups excluding carboxylic acids is 1. The first-order valence-electron chi connectivity index (χ1n) is 6.55. The number of esters is 1. The van der Waals surface area contributed by atoms with Crippen molar-refractivity contribution in [2.75, 3.05) is 0 Å². The van der Waals surface area contributed by atoms with Crippen LogP contribution in [0.2, 0.25) is 0 Å². The molecule has 0 aliphatic heterocycles. The van der Waals surface area contributed by atoms with E-state index in [9.17, 15) is 4.79 Å². The van der Waals surface area contributed by atoms with Gasteiger partial charge in [0.15, 0.2) is 6.10 Å². The van der Waals surface area contributed by atoms with E-state index < -0.39 is 6.10 Å². The molecular formula is C17H13NO2S. The van der Waals surface area contributed by atoms with E-state index in [4.69, 9.17) is 4.74 Å². The molecule has 0 saturated carbocycles. The Labute approximate surface area is 126 Å². The Morgan fingerprint density at radius 2 is 1.81 bits per heavy atom. The molecule has 0 bridgehead atoms. The van der Waals surface area contributed by atoms with E-state index in [1.54, 1.807) is 12.3 Å². The van der Waals surface area contributed by atoms with E-state index in [-0.39, 0.29) is 5.97 Å². The Balaban J connectivity index is 1.92. The Morgan fingerprint density at radius 1 is 1.00 bits per heavy atom. The monoisotopic (exact) mass is 295 g/mol. The summed E-state index contributed by atoms with van der Waals surface area (Å²) in [5.41, 5.74) is 1.62. The molecule has 0 aliphatic rings. The van der Waals surface area contributed by atoms with Crippen molar-refractivity contribution in [1.82, 2.24) is 4.98 Å². The molecule has 0 spiro atoms. The number of aromatic nitrogens is 1. The molecule has 2 heterocycles. The van der Waals surface area contributed by atoms with E-state index in [1.165, 1.54) is 11.3 Å². The minimum atomic E-state index is -0.498. The largest absolute Gasteiger partial charge is 0.447 e. The van der Waals surface area contributed by atoms with Crippen LogP contribution in [0.25, 0.3) is 0 Å². The normalized spacial score (nSPS) is 11.8. The highest BCUT2D eigenvalue weighted by Gasteiger charge is 2.21. The molecule has 4 heteroatoms. The molecule has 1 aromatic carbocycles. The molecule has 0 N–H and O–H groups in total. The van der Waals surface area contributed by atoms with Crippen molar-refractivity contribution in [1.29, 1.82) is 0 Å². The number of benzene rings is 1. The average molecular weight is 295 g/mol. The van der Waals surface area contributed by atoms with Gasteiger partial charge >= 0.3 is 5.97 Å². The zero-order valence-electron chi connectivity index (χ0n) is 11.2. The fraction of sp³-hybridized carbons (Fsp3) is 0.0588. The summed E-state index contributed by atoms with van der Waals surface area (Å²) in [6.45, 7) is 0. The quantitative estimate of drug-likeness (QED) is 0.681. The van der Waals surface area contributed by atoms with Gasteiger partial charge in [-0.05, 0) is 29.1 Å². The summed E-state index contributed by atoms with van der Waals surface area (Å²) in [7, 11) is 0. The highest BCUT2D eigenvalue weighted by molar-refractivity contribution is 7.11. The lowest BCUT2D eigenvalue weighted by Crippen LogP contribution is -2.13. The minimum absolute atomic E-state index is 0.329. The fourth-order valence-corrected chi connectivity index (χ4v) is 2.62. The van der Waals surface area contributed by atoms with Crippen molar-refractivity contribution < 1.29 is 9.53 Å². The second kappa shape index (κ2) is 6.33. The zero-order chi connectivity index (χ0) is 14.5. The first-order chi connectivity index (χ1) is 10.3. The number of nitrogens with zero attached hydrogens (tertiary/aromatic N) is 1. The molecular weight excluding hydrogens is 282 g/mol. The average Bonchev–Trinajstić information content (AvgIpc) is 3.09. The number of thiophene rings is 1. The van der Waals surface area contributed by atoms with E-state index in [2.05, 4.69) is 4.98 Å². The van der Waals surface area contributed by atoms with Crippen LogP contribution in [0.1, 0.15) is 27.0 Å². The summed E-state index contributed by atoms with van der Waals surface area (Å²) in [6.07, 6.45) is 1.20. The smallest absolute Gasteiger partial charge is 0.349 e. The van der Waals surface area contributed by atoms with Crippen LogP contribution in [0.15, 0.2) is 72.2 Å². The number of hydrogen-bond acceptors (Lipinski definition) is 4. The highest BCUT2D eigenvalue weighted by Crippen LogP contribution is 2.26. The number of rotatable bonds is 4. The summed E-state index contributed by atoms with van der Waals surface area (Å²) in [6, 6.07) is 18.8. The van der Waals surface area contributed by atoms with Gasteiger partial charge in [0.2, 0.25) is 0 Å². The maximum atomic E-state index is 12.2. The Morgan fingerprint density at radius 3 is 2.48 bits per heavy atom. The van der Waals surface area contributed by atoms with Crippen molar-refractivity contribution in [3.63, 3.8) is 0 Å². The Hall–Kier alpha value is -2.46. The van der Waals surface area contributed by atoms with Gasteiger partial charge in [-0.1, -0.05) is 42.5 Å². The Bertz CT molecular complexity index is 657. The molecule has 3 nitrogen and oxygen atoms in total. The SMILES string of the molecule is O=C(OC(c1ccccc1)c1ccccn1)c1cccs1. The van der Waals surface area contributed by atoms with Gasteiger partial charge in [0, 0.05) is 6.20 Å². The third-order valence-corrected chi connectivity index (χ3v) is 3.86. The van der Waals surface area contributed by atoms with Crippen LogP contribution in [-0.2, 0) is 4.74 Å². The first kappa shape index (κ1) is 13.5. The number of ether oxygens (including phenoxy) is 1. The third-order valence-electron chi connectivity index (χ3n) is 3.01. The van der Waals surface area contributed by atoms with Crippen molar-refractivity contribution in [3.05, 3.63) is 88.4 Å².